The Morgan fingerprint density at radius 3 is 1.25 bits per heavy atom. The molecule has 0 heterocycles. The molecule has 0 spiro atoms. The van der Waals surface area contributed by atoms with E-state index in [1.54, 1.807) is 22.4 Å². The average Bonchev–Trinajstić information content (AvgIpc) is 1.79. The van der Waals surface area contributed by atoms with Gasteiger partial charge in [0, 0.05) is 28.2 Å². The van der Waals surface area contributed by atoms with Gasteiger partial charge in [0.1, 0.15) is 0 Å². The van der Waals surface area contributed by atoms with Gasteiger partial charge in [-0.1, -0.05) is 0 Å². The van der Waals surface area contributed by atoms with Crippen LogP contribution in [-0.2, 0) is 19.5 Å². The van der Waals surface area contributed by atoms with Gasteiger partial charge in [0.15, 0.2) is 0 Å². The summed E-state index contributed by atoms with van der Waals surface area (Å²) in [6.07, 6.45) is 3.28. The summed E-state index contributed by atoms with van der Waals surface area (Å²) in [5.74, 6) is 0. The van der Waals surface area contributed by atoms with Crippen molar-refractivity contribution in [1.29, 1.82) is 0 Å². The van der Waals surface area contributed by atoms with Crippen LogP contribution in [0.15, 0.2) is 10.2 Å². The molecular formula is C7H17N4Ru. The molecular weight excluding hydrogens is 241 g/mol. The van der Waals surface area contributed by atoms with E-state index in [-0.39, 0.29) is 26.9 Å². The molecule has 1 radical (unpaired) electrons. The Morgan fingerprint density at radius 2 is 1.08 bits per heavy atom. The van der Waals surface area contributed by atoms with Gasteiger partial charge in [-0.05, 0) is 0 Å². The Bertz CT molecular complexity index is 115. The van der Waals surface area contributed by atoms with E-state index in [4.69, 9.17) is 0 Å². The molecule has 0 aromatic heterocycles. The zero-order valence-electron chi connectivity index (χ0n) is 8.30. The summed E-state index contributed by atoms with van der Waals surface area (Å²) >= 11 is 0. The topological polar surface area (TPSA) is 31.2 Å². The minimum atomic E-state index is 0. The summed E-state index contributed by atoms with van der Waals surface area (Å²) in [6, 6.07) is 0. The van der Waals surface area contributed by atoms with Crippen LogP contribution in [0.3, 0.4) is 0 Å². The Labute approximate surface area is 88.1 Å². The number of nitrogens with zero attached hydrogens (tertiary/aromatic N) is 4. The fraction of sp³-hybridized carbons (Fsp3) is 0.571. The zero-order valence-corrected chi connectivity index (χ0v) is 10.0. The molecule has 4 nitrogen and oxygen atoms in total. The monoisotopic (exact) mass is 259 g/mol. The first kappa shape index (κ1) is 17.6. The van der Waals surface area contributed by atoms with Gasteiger partial charge in [-0.25, -0.2) is 0 Å². The van der Waals surface area contributed by atoms with E-state index in [9.17, 15) is 0 Å². The molecule has 0 saturated carbocycles. The predicted molar refractivity (Wildman–Crippen MR) is 50.8 cm³/mol. The van der Waals surface area contributed by atoms with E-state index in [2.05, 4.69) is 10.2 Å². The van der Waals surface area contributed by atoms with Crippen molar-refractivity contribution in [3.63, 3.8) is 0 Å². The molecule has 5 heteroatoms. The molecule has 0 N–H and O–H groups in total. The summed E-state index contributed by atoms with van der Waals surface area (Å²) in [4.78, 5) is 0. The standard InChI is InChI=1S/C6H14N4.CH3.Ru/c1-9(2)7-5-6-8-10(3)4;;/h5-6H,1-4H3;1H3;/q;-1;+1/b7-5+,8-6+;;. The van der Waals surface area contributed by atoms with Crippen molar-refractivity contribution in [3.05, 3.63) is 7.43 Å². The van der Waals surface area contributed by atoms with Gasteiger partial charge < -0.3 is 17.4 Å². The molecule has 0 aromatic rings. The van der Waals surface area contributed by atoms with Gasteiger partial charge in [-0.2, -0.15) is 10.2 Å². The van der Waals surface area contributed by atoms with Crippen molar-refractivity contribution in [1.82, 2.24) is 10.0 Å². The number of hydrogen-bond donors (Lipinski definition) is 0. The van der Waals surface area contributed by atoms with E-state index in [1.165, 1.54) is 0 Å². The molecule has 0 aliphatic rings. The third kappa shape index (κ3) is 16.3. The number of hydrazone groups is 2. The summed E-state index contributed by atoms with van der Waals surface area (Å²) < 4.78 is 0. The van der Waals surface area contributed by atoms with Crippen molar-refractivity contribution < 1.29 is 19.5 Å². The minimum absolute atomic E-state index is 0. The Hall–Kier alpha value is -0.437. The minimum Gasteiger partial charge on any atom is -0.358 e. The maximum Gasteiger partial charge on any atom is 1.00 e. The number of rotatable bonds is 3. The Morgan fingerprint density at radius 1 is 0.833 bits per heavy atom. The largest absolute Gasteiger partial charge is 1.00 e. The van der Waals surface area contributed by atoms with Crippen molar-refractivity contribution in [2.24, 2.45) is 10.2 Å². The Balaban J connectivity index is -0.000000405. The van der Waals surface area contributed by atoms with E-state index in [0.29, 0.717) is 0 Å². The fourth-order valence-corrected chi connectivity index (χ4v) is 0.326. The molecule has 0 bridgehead atoms. The van der Waals surface area contributed by atoms with Gasteiger partial charge in [0.05, 0.1) is 12.4 Å². The second-order valence-corrected chi connectivity index (χ2v) is 2.22. The summed E-state index contributed by atoms with van der Waals surface area (Å²) in [5, 5.41) is 11.3. The third-order valence-electron chi connectivity index (χ3n) is 0.662. The second kappa shape index (κ2) is 10.6. The van der Waals surface area contributed by atoms with E-state index in [1.807, 2.05) is 28.2 Å². The molecule has 0 saturated heterocycles. The fourth-order valence-electron chi connectivity index (χ4n) is 0.326. The molecule has 0 aliphatic heterocycles. The van der Waals surface area contributed by atoms with E-state index >= 15 is 0 Å². The number of hydrogen-bond acceptors (Lipinski definition) is 4. The first-order valence-electron chi connectivity index (χ1n) is 3.04. The first-order chi connectivity index (χ1) is 4.63. The molecule has 0 rings (SSSR count). The van der Waals surface area contributed by atoms with Gasteiger partial charge in [-0.15, -0.1) is 0 Å². The molecule has 73 valence electrons. The SMILES string of the molecule is CN(C)/N=C/C=N/N(C)C.[CH3-].[Ru+]. The smallest absolute Gasteiger partial charge is 0.358 e. The molecule has 12 heavy (non-hydrogen) atoms. The summed E-state index contributed by atoms with van der Waals surface area (Å²) in [7, 11) is 7.44. The maximum atomic E-state index is 3.93. The van der Waals surface area contributed by atoms with Crippen LogP contribution in [0.5, 0.6) is 0 Å². The molecule has 0 aliphatic carbocycles. The predicted octanol–water partition coefficient (Wildman–Crippen LogP) is 0.529. The van der Waals surface area contributed by atoms with Crippen LogP contribution in [0.25, 0.3) is 0 Å². The van der Waals surface area contributed by atoms with Crippen LogP contribution >= 0.6 is 0 Å². The van der Waals surface area contributed by atoms with Crippen molar-refractivity contribution in [2.45, 2.75) is 0 Å². The summed E-state index contributed by atoms with van der Waals surface area (Å²) in [6.45, 7) is 0. The molecule has 0 aromatic carbocycles. The van der Waals surface area contributed by atoms with Crippen LogP contribution in [0.1, 0.15) is 0 Å². The molecule has 0 unspecified atom stereocenters. The van der Waals surface area contributed by atoms with Crippen molar-refractivity contribution >= 4 is 12.4 Å². The van der Waals surface area contributed by atoms with Gasteiger partial charge in [0.2, 0.25) is 0 Å². The zero-order chi connectivity index (χ0) is 7.98. The second-order valence-electron chi connectivity index (χ2n) is 2.22. The maximum absolute atomic E-state index is 3.93. The van der Waals surface area contributed by atoms with Crippen molar-refractivity contribution in [3.8, 4) is 0 Å². The molecule has 0 amide bonds. The van der Waals surface area contributed by atoms with E-state index in [0.717, 1.165) is 0 Å². The summed E-state index contributed by atoms with van der Waals surface area (Å²) in [5.41, 5.74) is 0. The van der Waals surface area contributed by atoms with Crippen LogP contribution < -0.4 is 0 Å². The van der Waals surface area contributed by atoms with Crippen LogP contribution in [0.4, 0.5) is 0 Å². The first-order valence-corrected chi connectivity index (χ1v) is 3.04. The quantitative estimate of drug-likeness (QED) is 0.320. The average molecular weight is 258 g/mol. The van der Waals surface area contributed by atoms with Gasteiger partial charge in [0.25, 0.3) is 0 Å². The third-order valence-corrected chi connectivity index (χ3v) is 0.662. The molecule has 0 fully saturated rings. The Kier molecular flexibility index (Phi) is 15.5. The van der Waals surface area contributed by atoms with Crippen LogP contribution in [-0.4, -0.2) is 50.6 Å². The normalized spacial score (nSPS) is 9.33. The van der Waals surface area contributed by atoms with Crippen molar-refractivity contribution in [2.75, 3.05) is 28.2 Å². The van der Waals surface area contributed by atoms with Crippen LogP contribution in [0, 0.1) is 7.43 Å². The van der Waals surface area contributed by atoms with Gasteiger partial charge in [-0.3, -0.25) is 0 Å². The van der Waals surface area contributed by atoms with E-state index < -0.39 is 0 Å². The van der Waals surface area contributed by atoms with Crippen LogP contribution in [0.2, 0.25) is 0 Å². The van der Waals surface area contributed by atoms with Gasteiger partial charge >= 0.3 is 19.5 Å². The molecule has 0 atom stereocenters.